The third kappa shape index (κ3) is 3.67. The quantitative estimate of drug-likeness (QED) is 0.432. The highest BCUT2D eigenvalue weighted by Gasteiger charge is 2.20. The lowest BCUT2D eigenvalue weighted by Gasteiger charge is -1.93. The average molecular weight is 219 g/mol. The van der Waals surface area contributed by atoms with E-state index in [4.69, 9.17) is 10.9 Å². The Morgan fingerprint density at radius 3 is 2.67 bits per heavy atom. The first-order chi connectivity index (χ1) is 7.27. The van der Waals surface area contributed by atoms with Gasteiger partial charge in [-0.25, -0.2) is 0 Å². The third-order valence-electron chi connectivity index (χ3n) is 1.79. The molecule has 0 amide bonds. The van der Waals surface area contributed by atoms with Gasteiger partial charge in [0.15, 0.2) is 6.61 Å². The van der Waals surface area contributed by atoms with Crippen LogP contribution in [0.4, 0.5) is 0 Å². The largest absolute Gasteiger partial charge is 0.549 e. The summed E-state index contributed by atoms with van der Waals surface area (Å²) in [7, 11) is -1.82. The molecule has 1 unspecified atom stereocenters. The smallest absolute Gasteiger partial charge is 0.129 e. The zero-order valence-electron chi connectivity index (χ0n) is 8.35. The number of allylic oxidation sites excluding steroid dienone is 1. The molecule has 0 aromatic heterocycles. The number of terminal acetylenes is 1. The molecule has 0 radical (unpaired) electrons. The Morgan fingerprint density at radius 1 is 1.47 bits per heavy atom. The van der Waals surface area contributed by atoms with E-state index in [-0.39, 0.29) is 6.61 Å². The second-order valence-corrected chi connectivity index (χ2v) is 4.18. The number of benzene rings is 1. The predicted octanol–water partition coefficient (Wildman–Crippen LogP) is 2.43. The molecule has 1 aromatic carbocycles. The van der Waals surface area contributed by atoms with Crippen LogP contribution in [0.3, 0.4) is 0 Å². The Kier molecular flexibility index (Phi) is 4.77. The standard InChI is InChI=1S/C12H12O2P/c1-3-5-11-6-8-12(9-7-11)15(13)14-10-4-2/h2-3,6-9H,1,5,10H2/q+1. The van der Waals surface area contributed by atoms with Gasteiger partial charge in [-0.1, -0.05) is 24.1 Å². The molecule has 0 saturated carbocycles. The molecule has 0 spiro atoms. The van der Waals surface area contributed by atoms with Crippen molar-refractivity contribution in [1.82, 2.24) is 0 Å². The summed E-state index contributed by atoms with van der Waals surface area (Å²) >= 11 is 0. The van der Waals surface area contributed by atoms with E-state index < -0.39 is 8.03 Å². The highest BCUT2D eigenvalue weighted by Crippen LogP contribution is 2.20. The first kappa shape index (κ1) is 11.7. The summed E-state index contributed by atoms with van der Waals surface area (Å²) < 4.78 is 16.4. The van der Waals surface area contributed by atoms with Gasteiger partial charge in [0, 0.05) is 0 Å². The fourth-order valence-electron chi connectivity index (χ4n) is 1.09. The van der Waals surface area contributed by atoms with Crippen molar-refractivity contribution in [3.63, 3.8) is 0 Å². The Hall–Kier alpha value is -1.42. The second-order valence-electron chi connectivity index (χ2n) is 2.89. The fourth-order valence-corrected chi connectivity index (χ4v) is 1.82. The summed E-state index contributed by atoms with van der Waals surface area (Å²) in [5.41, 5.74) is 1.13. The van der Waals surface area contributed by atoms with Crippen molar-refractivity contribution in [2.75, 3.05) is 6.61 Å². The van der Waals surface area contributed by atoms with Crippen LogP contribution in [0.25, 0.3) is 0 Å². The molecule has 0 bridgehead atoms. The highest BCUT2D eigenvalue weighted by molar-refractivity contribution is 7.48. The van der Waals surface area contributed by atoms with Gasteiger partial charge in [0.2, 0.25) is 5.30 Å². The SMILES string of the molecule is C#CCO[P+](=O)c1ccc(CC=C)cc1. The minimum Gasteiger partial charge on any atom is -0.129 e. The molecule has 0 aliphatic carbocycles. The van der Waals surface area contributed by atoms with Crippen molar-refractivity contribution in [3.05, 3.63) is 42.5 Å². The van der Waals surface area contributed by atoms with Crippen LogP contribution in [0, 0.1) is 12.3 Å². The van der Waals surface area contributed by atoms with Crippen LogP contribution in [0.2, 0.25) is 0 Å². The van der Waals surface area contributed by atoms with Crippen LogP contribution in [-0.2, 0) is 15.5 Å². The van der Waals surface area contributed by atoms with Crippen molar-refractivity contribution in [3.8, 4) is 12.3 Å². The Balaban J connectivity index is 2.67. The van der Waals surface area contributed by atoms with E-state index in [0.717, 1.165) is 12.0 Å². The van der Waals surface area contributed by atoms with Gasteiger partial charge in [0.25, 0.3) is 0 Å². The van der Waals surface area contributed by atoms with Crippen LogP contribution in [0.1, 0.15) is 5.56 Å². The molecular formula is C12H12O2P+. The van der Waals surface area contributed by atoms with Gasteiger partial charge in [0.1, 0.15) is 0 Å². The van der Waals surface area contributed by atoms with Gasteiger partial charge in [-0.3, -0.25) is 0 Å². The summed E-state index contributed by atoms with van der Waals surface area (Å²) in [6.45, 7) is 3.72. The van der Waals surface area contributed by atoms with Crippen molar-refractivity contribution in [1.29, 1.82) is 0 Å². The summed E-state index contributed by atoms with van der Waals surface area (Å²) in [5, 5.41) is 0.660. The maximum absolute atomic E-state index is 11.5. The molecule has 76 valence electrons. The Bertz CT molecular complexity index is 387. The molecule has 0 fully saturated rings. The lowest BCUT2D eigenvalue weighted by molar-refractivity contribution is 0.385. The lowest BCUT2D eigenvalue weighted by atomic mass is 10.2. The molecule has 1 aromatic rings. The van der Waals surface area contributed by atoms with Crippen molar-refractivity contribution >= 4 is 13.3 Å². The van der Waals surface area contributed by atoms with E-state index in [0.29, 0.717) is 5.30 Å². The van der Waals surface area contributed by atoms with Gasteiger partial charge in [-0.15, -0.1) is 17.5 Å². The predicted molar refractivity (Wildman–Crippen MR) is 62.4 cm³/mol. The van der Waals surface area contributed by atoms with E-state index >= 15 is 0 Å². The highest BCUT2D eigenvalue weighted by atomic mass is 31.1. The first-order valence-electron chi connectivity index (χ1n) is 4.51. The van der Waals surface area contributed by atoms with Crippen LogP contribution >= 0.6 is 8.03 Å². The van der Waals surface area contributed by atoms with Crippen LogP contribution in [-0.4, -0.2) is 6.61 Å². The van der Waals surface area contributed by atoms with E-state index in [1.54, 1.807) is 12.1 Å². The Labute approximate surface area is 90.8 Å². The molecule has 0 heterocycles. The minimum absolute atomic E-state index is 0.0730. The van der Waals surface area contributed by atoms with E-state index in [1.165, 1.54) is 0 Å². The van der Waals surface area contributed by atoms with Gasteiger partial charge in [-0.2, -0.15) is 0 Å². The molecular weight excluding hydrogens is 207 g/mol. The monoisotopic (exact) mass is 219 g/mol. The maximum atomic E-state index is 11.5. The topological polar surface area (TPSA) is 26.3 Å². The van der Waals surface area contributed by atoms with Crippen LogP contribution in [0.5, 0.6) is 0 Å². The molecule has 1 atom stereocenters. The summed E-state index contributed by atoms with van der Waals surface area (Å²) in [6.07, 6.45) is 7.64. The first-order valence-corrected chi connectivity index (χ1v) is 5.69. The van der Waals surface area contributed by atoms with Gasteiger partial charge < -0.3 is 0 Å². The van der Waals surface area contributed by atoms with Gasteiger partial charge >= 0.3 is 8.03 Å². The molecule has 15 heavy (non-hydrogen) atoms. The molecule has 2 nitrogen and oxygen atoms in total. The normalized spacial score (nSPS) is 10.5. The zero-order valence-corrected chi connectivity index (χ0v) is 9.24. The molecule has 1 rings (SSSR count). The van der Waals surface area contributed by atoms with Crippen molar-refractivity contribution < 1.29 is 9.09 Å². The molecule has 0 saturated heterocycles. The van der Waals surface area contributed by atoms with E-state index in [2.05, 4.69) is 12.5 Å². The third-order valence-corrected chi connectivity index (χ3v) is 2.88. The van der Waals surface area contributed by atoms with Crippen molar-refractivity contribution in [2.45, 2.75) is 6.42 Å². The van der Waals surface area contributed by atoms with Crippen molar-refractivity contribution in [2.24, 2.45) is 0 Å². The average Bonchev–Trinajstić information content (AvgIpc) is 2.27. The molecule has 3 heteroatoms. The number of hydrogen-bond acceptors (Lipinski definition) is 2. The lowest BCUT2D eigenvalue weighted by Crippen LogP contribution is -1.98. The maximum Gasteiger partial charge on any atom is 0.549 e. The summed E-state index contributed by atoms with van der Waals surface area (Å²) in [6, 6.07) is 7.38. The molecule has 0 aliphatic rings. The zero-order chi connectivity index (χ0) is 11.1. The molecule has 0 N–H and O–H groups in total. The molecule has 0 aliphatic heterocycles. The summed E-state index contributed by atoms with van der Waals surface area (Å²) in [4.78, 5) is 0. The van der Waals surface area contributed by atoms with Gasteiger partial charge in [0.05, 0.1) is 0 Å². The number of rotatable bonds is 5. The van der Waals surface area contributed by atoms with Gasteiger partial charge in [-0.05, 0) is 28.7 Å². The fraction of sp³-hybridized carbons (Fsp3) is 0.167. The van der Waals surface area contributed by atoms with Crippen LogP contribution in [0.15, 0.2) is 36.9 Å². The minimum atomic E-state index is -1.82. The van der Waals surface area contributed by atoms with Crippen LogP contribution < -0.4 is 5.30 Å². The summed E-state index contributed by atoms with van der Waals surface area (Å²) in [5.74, 6) is 2.28. The number of hydrogen-bond donors (Lipinski definition) is 0. The second kappa shape index (κ2) is 6.14. The van der Waals surface area contributed by atoms with E-state index in [1.807, 2.05) is 18.2 Å². The Morgan fingerprint density at radius 2 is 2.13 bits per heavy atom. The van der Waals surface area contributed by atoms with E-state index in [9.17, 15) is 4.57 Å².